The van der Waals surface area contributed by atoms with Gasteiger partial charge in [-0.25, -0.2) is 0 Å². The molecule has 2 saturated heterocycles. The molecular formula is C14H27N3O2. The van der Waals surface area contributed by atoms with Gasteiger partial charge in [0.15, 0.2) is 0 Å². The topological polar surface area (TPSA) is 44.8 Å². The van der Waals surface area contributed by atoms with Crippen molar-refractivity contribution in [1.82, 2.24) is 15.1 Å². The number of hydrogen-bond acceptors (Lipinski definition) is 4. The molecule has 0 bridgehead atoms. The minimum absolute atomic E-state index is 0.193. The van der Waals surface area contributed by atoms with Gasteiger partial charge in [-0.15, -0.1) is 0 Å². The molecule has 2 fully saturated rings. The highest BCUT2D eigenvalue weighted by Gasteiger charge is 2.41. The molecule has 110 valence electrons. The first-order valence-corrected chi connectivity index (χ1v) is 7.32. The van der Waals surface area contributed by atoms with Crippen molar-refractivity contribution in [2.75, 3.05) is 39.3 Å². The quantitative estimate of drug-likeness (QED) is 0.783. The number of morpholine rings is 1. The molecule has 0 aromatic carbocycles. The third-order valence-corrected chi connectivity index (χ3v) is 4.14. The molecule has 5 heteroatoms. The van der Waals surface area contributed by atoms with Crippen molar-refractivity contribution in [2.45, 2.75) is 45.4 Å². The SMILES string of the molecule is CC1CN(C(C)(C)C(=O)N2CCNCC2)CC(C)O1. The van der Waals surface area contributed by atoms with Gasteiger partial charge in [0.25, 0.3) is 0 Å². The summed E-state index contributed by atoms with van der Waals surface area (Å²) in [5, 5.41) is 3.29. The van der Waals surface area contributed by atoms with Crippen molar-refractivity contribution in [2.24, 2.45) is 0 Å². The molecule has 0 saturated carbocycles. The van der Waals surface area contributed by atoms with Crippen molar-refractivity contribution in [3.05, 3.63) is 0 Å². The Morgan fingerprint density at radius 3 is 2.21 bits per heavy atom. The Bertz CT molecular complexity index is 317. The first kappa shape index (κ1) is 14.8. The number of nitrogens with one attached hydrogen (secondary N) is 1. The summed E-state index contributed by atoms with van der Waals surface area (Å²) in [5.74, 6) is 0.246. The summed E-state index contributed by atoms with van der Waals surface area (Å²) in [4.78, 5) is 17.0. The van der Waals surface area contributed by atoms with E-state index in [1.165, 1.54) is 0 Å². The number of piperazine rings is 1. The second kappa shape index (κ2) is 5.77. The molecule has 2 atom stereocenters. The number of hydrogen-bond donors (Lipinski definition) is 1. The first-order chi connectivity index (χ1) is 8.91. The Morgan fingerprint density at radius 1 is 1.16 bits per heavy atom. The zero-order valence-corrected chi connectivity index (χ0v) is 12.6. The van der Waals surface area contributed by atoms with E-state index < -0.39 is 5.54 Å². The van der Waals surface area contributed by atoms with Crippen molar-refractivity contribution in [1.29, 1.82) is 0 Å². The van der Waals surface area contributed by atoms with Crippen LogP contribution in [0.1, 0.15) is 27.7 Å². The lowest BCUT2D eigenvalue weighted by atomic mass is 9.97. The first-order valence-electron chi connectivity index (χ1n) is 7.32. The smallest absolute Gasteiger partial charge is 0.242 e. The summed E-state index contributed by atoms with van der Waals surface area (Å²) in [5.41, 5.74) is -0.441. The average Bonchev–Trinajstić information content (AvgIpc) is 2.37. The molecule has 0 radical (unpaired) electrons. The van der Waals surface area contributed by atoms with Crippen LogP contribution in [0.3, 0.4) is 0 Å². The van der Waals surface area contributed by atoms with Crippen LogP contribution >= 0.6 is 0 Å². The molecule has 0 spiro atoms. The van der Waals surface area contributed by atoms with E-state index in [0.29, 0.717) is 0 Å². The van der Waals surface area contributed by atoms with Gasteiger partial charge in [0.05, 0.1) is 17.7 Å². The van der Waals surface area contributed by atoms with E-state index in [0.717, 1.165) is 39.3 Å². The zero-order chi connectivity index (χ0) is 14.0. The van der Waals surface area contributed by atoms with Gasteiger partial charge in [0.1, 0.15) is 0 Å². The van der Waals surface area contributed by atoms with Gasteiger partial charge in [-0.2, -0.15) is 0 Å². The van der Waals surface area contributed by atoms with Gasteiger partial charge in [-0.3, -0.25) is 9.69 Å². The third-order valence-electron chi connectivity index (χ3n) is 4.14. The van der Waals surface area contributed by atoms with E-state index in [-0.39, 0.29) is 18.1 Å². The Morgan fingerprint density at radius 2 is 1.68 bits per heavy atom. The number of carbonyl (C=O) groups excluding carboxylic acids is 1. The lowest BCUT2D eigenvalue weighted by Gasteiger charge is -2.46. The molecule has 0 aliphatic carbocycles. The lowest BCUT2D eigenvalue weighted by molar-refractivity contribution is -0.152. The van der Waals surface area contributed by atoms with Crippen LogP contribution in [0.25, 0.3) is 0 Å². The van der Waals surface area contributed by atoms with Gasteiger partial charge in [-0.1, -0.05) is 0 Å². The fourth-order valence-electron chi connectivity index (χ4n) is 3.02. The third kappa shape index (κ3) is 3.27. The highest BCUT2D eigenvalue weighted by atomic mass is 16.5. The van der Waals surface area contributed by atoms with Gasteiger partial charge >= 0.3 is 0 Å². The number of carbonyl (C=O) groups is 1. The predicted molar refractivity (Wildman–Crippen MR) is 75.1 cm³/mol. The Labute approximate surface area is 116 Å². The Balaban J connectivity index is 2.05. The van der Waals surface area contributed by atoms with Crippen LogP contribution < -0.4 is 5.32 Å². The molecule has 1 N–H and O–H groups in total. The van der Waals surface area contributed by atoms with Crippen molar-refractivity contribution < 1.29 is 9.53 Å². The number of rotatable bonds is 2. The molecule has 2 rings (SSSR count). The maximum atomic E-state index is 12.7. The minimum atomic E-state index is -0.441. The van der Waals surface area contributed by atoms with E-state index >= 15 is 0 Å². The molecule has 2 unspecified atom stereocenters. The molecule has 2 aliphatic heterocycles. The molecule has 19 heavy (non-hydrogen) atoms. The maximum Gasteiger partial charge on any atom is 0.242 e. The van der Waals surface area contributed by atoms with Crippen LogP contribution in [0, 0.1) is 0 Å². The Hall–Kier alpha value is -0.650. The van der Waals surface area contributed by atoms with E-state index in [1.54, 1.807) is 0 Å². The minimum Gasteiger partial charge on any atom is -0.373 e. The monoisotopic (exact) mass is 269 g/mol. The summed E-state index contributed by atoms with van der Waals surface area (Å²) in [6, 6.07) is 0. The highest BCUT2D eigenvalue weighted by Crippen LogP contribution is 2.23. The number of nitrogens with zero attached hydrogens (tertiary/aromatic N) is 2. The molecule has 0 aromatic heterocycles. The molecule has 1 amide bonds. The van der Waals surface area contributed by atoms with E-state index in [9.17, 15) is 4.79 Å². The zero-order valence-electron chi connectivity index (χ0n) is 12.6. The van der Waals surface area contributed by atoms with Gasteiger partial charge < -0.3 is 15.0 Å². The lowest BCUT2D eigenvalue weighted by Crippen LogP contribution is -2.63. The second-order valence-electron chi connectivity index (χ2n) is 6.26. The largest absolute Gasteiger partial charge is 0.373 e. The summed E-state index contributed by atoms with van der Waals surface area (Å²) >= 11 is 0. The van der Waals surface area contributed by atoms with Gasteiger partial charge in [0.2, 0.25) is 5.91 Å². The van der Waals surface area contributed by atoms with E-state index in [2.05, 4.69) is 24.1 Å². The van der Waals surface area contributed by atoms with Crippen LogP contribution in [0.2, 0.25) is 0 Å². The summed E-state index contributed by atoms with van der Waals surface area (Å²) in [7, 11) is 0. The van der Waals surface area contributed by atoms with Crippen LogP contribution in [0.15, 0.2) is 0 Å². The predicted octanol–water partition coefficient (Wildman–Crippen LogP) is 0.306. The molecular weight excluding hydrogens is 242 g/mol. The molecule has 5 nitrogen and oxygen atoms in total. The summed E-state index contributed by atoms with van der Waals surface area (Å²) < 4.78 is 5.76. The number of ether oxygens (including phenoxy) is 1. The van der Waals surface area contributed by atoms with Gasteiger partial charge in [-0.05, 0) is 27.7 Å². The van der Waals surface area contributed by atoms with Crippen molar-refractivity contribution >= 4 is 5.91 Å². The maximum absolute atomic E-state index is 12.7. The van der Waals surface area contributed by atoms with Crippen LogP contribution in [-0.4, -0.2) is 72.7 Å². The van der Waals surface area contributed by atoms with Gasteiger partial charge in [0, 0.05) is 39.3 Å². The molecule has 2 aliphatic rings. The summed E-state index contributed by atoms with van der Waals surface area (Å²) in [6.07, 6.45) is 0.387. The van der Waals surface area contributed by atoms with Crippen molar-refractivity contribution in [3.63, 3.8) is 0 Å². The highest BCUT2D eigenvalue weighted by molar-refractivity contribution is 5.85. The van der Waals surface area contributed by atoms with Crippen LogP contribution in [0.4, 0.5) is 0 Å². The van der Waals surface area contributed by atoms with Crippen molar-refractivity contribution in [3.8, 4) is 0 Å². The average molecular weight is 269 g/mol. The Kier molecular flexibility index (Phi) is 4.48. The van der Waals surface area contributed by atoms with E-state index in [4.69, 9.17) is 4.74 Å². The summed E-state index contributed by atoms with van der Waals surface area (Å²) in [6.45, 7) is 13.3. The fourth-order valence-corrected chi connectivity index (χ4v) is 3.02. The fraction of sp³-hybridized carbons (Fsp3) is 0.929. The van der Waals surface area contributed by atoms with E-state index in [1.807, 2.05) is 18.7 Å². The molecule has 0 aromatic rings. The second-order valence-corrected chi connectivity index (χ2v) is 6.26. The van der Waals surface area contributed by atoms with Crippen LogP contribution in [-0.2, 0) is 9.53 Å². The normalized spacial score (nSPS) is 30.4. The standard InChI is InChI=1S/C14H27N3O2/c1-11-9-17(10-12(2)19-11)14(3,4)13(18)16-7-5-15-6-8-16/h11-12,15H,5-10H2,1-4H3. The molecule has 2 heterocycles. The van der Waals surface area contributed by atoms with Crippen LogP contribution in [0.5, 0.6) is 0 Å². The number of amides is 1.